The number of rotatable bonds is 3. The lowest BCUT2D eigenvalue weighted by Crippen LogP contribution is -2.28. The van der Waals surface area contributed by atoms with E-state index in [-0.39, 0.29) is 16.7 Å². The highest BCUT2D eigenvalue weighted by Crippen LogP contribution is 2.46. The summed E-state index contributed by atoms with van der Waals surface area (Å²) < 4.78 is 69.0. The van der Waals surface area contributed by atoms with E-state index in [0.717, 1.165) is 16.2 Å². The Labute approximate surface area is 181 Å². The first kappa shape index (κ1) is 20.3. The molecule has 32 heavy (non-hydrogen) atoms. The van der Waals surface area contributed by atoms with Crippen LogP contribution in [0.3, 0.4) is 0 Å². The Kier molecular flexibility index (Phi) is 4.60. The van der Waals surface area contributed by atoms with E-state index in [0.29, 0.717) is 16.3 Å². The number of hydrogen-bond acceptors (Lipinski definition) is 3. The van der Waals surface area contributed by atoms with Gasteiger partial charge in [-0.05, 0) is 44.6 Å². The van der Waals surface area contributed by atoms with Crippen LogP contribution in [0, 0.1) is 0 Å². The van der Waals surface area contributed by atoms with Crippen molar-refractivity contribution in [2.45, 2.75) is 5.51 Å². The first-order valence-electron chi connectivity index (χ1n) is 9.70. The largest absolute Gasteiger partial charge is 0.534 e. The molecule has 0 aliphatic rings. The van der Waals surface area contributed by atoms with Gasteiger partial charge in [-0.25, -0.2) is 0 Å². The third kappa shape index (κ3) is 3.26. The first-order valence-corrected chi connectivity index (χ1v) is 11.1. The summed E-state index contributed by atoms with van der Waals surface area (Å²) in [4.78, 5) is 0. The topological polar surface area (TPSA) is 43.4 Å². The molecule has 0 radical (unpaired) electrons. The van der Waals surface area contributed by atoms with Crippen LogP contribution in [-0.4, -0.2) is 13.9 Å². The molecular weight excluding hydrogens is 437 g/mol. The second kappa shape index (κ2) is 7.24. The number of fused-ring (bicyclic) bond motifs is 4. The first-order chi connectivity index (χ1) is 15.3. The maximum absolute atomic E-state index is 13.3. The van der Waals surface area contributed by atoms with Crippen LogP contribution in [0.5, 0.6) is 5.75 Å². The van der Waals surface area contributed by atoms with E-state index in [1.807, 2.05) is 36.4 Å². The highest BCUT2D eigenvalue weighted by molar-refractivity contribution is 7.88. The van der Waals surface area contributed by atoms with E-state index >= 15 is 0 Å². The molecule has 0 aliphatic carbocycles. The van der Waals surface area contributed by atoms with Gasteiger partial charge in [0.05, 0.1) is 0 Å². The average Bonchev–Trinajstić information content (AvgIpc) is 2.78. The summed E-state index contributed by atoms with van der Waals surface area (Å²) in [6.07, 6.45) is 0. The Hall–Kier alpha value is -3.58. The summed E-state index contributed by atoms with van der Waals surface area (Å²) in [6.45, 7) is 0. The van der Waals surface area contributed by atoms with Gasteiger partial charge in [-0.2, -0.15) is 21.6 Å². The van der Waals surface area contributed by atoms with Gasteiger partial charge in [-0.3, -0.25) is 0 Å². The number of halogens is 3. The lowest BCUT2D eigenvalue weighted by Gasteiger charge is -2.19. The monoisotopic (exact) mass is 452 g/mol. The lowest BCUT2D eigenvalue weighted by atomic mass is 9.91. The fourth-order valence-electron chi connectivity index (χ4n) is 3.98. The molecule has 5 rings (SSSR count). The molecule has 5 aromatic carbocycles. The maximum Gasteiger partial charge on any atom is 0.534 e. The molecule has 7 heteroatoms. The van der Waals surface area contributed by atoms with Crippen molar-refractivity contribution >= 4 is 42.4 Å². The second-order valence-electron chi connectivity index (χ2n) is 7.34. The maximum atomic E-state index is 13.3. The standard InChI is InChI=1S/C25H15F3O3S/c26-25(27,28)32(29,30)31-24-22-15-18-11-5-4-10-17(18)14-21(22)19-12-6-7-13-20(19)23(24)16-8-2-1-3-9-16/h1-15H. The predicted molar refractivity (Wildman–Crippen MR) is 120 cm³/mol. The minimum absolute atomic E-state index is 0.286. The normalized spacial score (nSPS) is 12.5. The summed E-state index contributed by atoms with van der Waals surface area (Å²) in [6, 6.07) is 26.7. The van der Waals surface area contributed by atoms with Crippen LogP contribution < -0.4 is 4.18 Å². The third-order valence-electron chi connectivity index (χ3n) is 5.38. The Morgan fingerprint density at radius 2 is 1.16 bits per heavy atom. The zero-order valence-corrected chi connectivity index (χ0v) is 17.2. The van der Waals surface area contributed by atoms with Crippen molar-refractivity contribution < 1.29 is 25.8 Å². The van der Waals surface area contributed by atoms with E-state index in [4.69, 9.17) is 4.18 Å². The molecule has 0 saturated carbocycles. The van der Waals surface area contributed by atoms with Gasteiger partial charge in [0, 0.05) is 10.9 Å². The fourth-order valence-corrected chi connectivity index (χ4v) is 4.47. The van der Waals surface area contributed by atoms with Crippen LogP contribution in [0.25, 0.3) is 43.4 Å². The molecule has 0 saturated heterocycles. The molecule has 0 aromatic heterocycles. The highest BCUT2D eigenvalue weighted by Gasteiger charge is 2.49. The fraction of sp³-hybridized carbons (Fsp3) is 0.0400. The average molecular weight is 452 g/mol. The summed E-state index contributed by atoms with van der Waals surface area (Å²) in [5, 5.41) is 3.89. The van der Waals surface area contributed by atoms with Crippen molar-refractivity contribution in [2.75, 3.05) is 0 Å². The van der Waals surface area contributed by atoms with Crippen molar-refractivity contribution in [3.63, 3.8) is 0 Å². The van der Waals surface area contributed by atoms with Gasteiger partial charge in [0.15, 0.2) is 5.75 Å². The van der Waals surface area contributed by atoms with Crippen LogP contribution in [0.1, 0.15) is 0 Å². The lowest BCUT2D eigenvalue weighted by molar-refractivity contribution is -0.0499. The second-order valence-corrected chi connectivity index (χ2v) is 8.88. The molecule has 0 N–H and O–H groups in total. The van der Waals surface area contributed by atoms with Crippen LogP contribution in [0.2, 0.25) is 0 Å². The minimum Gasteiger partial charge on any atom is -0.375 e. The summed E-state index contributed by atoms with van der Waals surface area (Å²) in [5.41, 5.74) is -4.72. The Bertz CT molecular complexity index is 1590. The molecule has 0 amide bonds. The molecule has 5 aromatic rings. The van der Waals surface area contributed by atoms with Gasteiger partial charge >= 0.3 is 15.6 Å². The SMILES string of the molecule is O=S(=O)(Oc1c(-c2ccccc2)c2ccccc2c2cc3ccccc3cc12)C(F)(F)F. The van der Waals surface area contributed by atoms with Crippen LogP contribution >= 0.6 is 0 Å². The Morgan fingerprint density at radius 3 is 1.78 bits per heavy atom. The quantitative estimate of drug-likeness (QED) is 0.128. The predicted octanol–water partition coefficient (Wildman–Crippen LogP) is 7.04. The smallest absolute Gasteiger partial charge is 0.375 e. The van der Waals surface area contributed by atoms with Gasteiger partial charge in [0.1, 0.15) is 0 Å². The molecule has 3 nitrogen and oxygen atoms in total. The van der Waals surface area contributed by atoms with Crippen LogP contribution in [0.4, 0.5) is 13.2 Å². The Balaban J connectivity index is 2.00. The number of alkyl halides is 3. The van der Waals surface area contributed by atoms with E-state index in [2.05, 4.69) is 0 Å². The van der Waals surface area contributed by atoms with Crippen LogP contribution in [-0.2, 0) is 10.1 Å². The minimum atomic E-state index is -5.89. The molecule has 0 fully saturated rings. The van der Waals surface area contributed by atoms with E-state index < -0.39 is 15.6 Å². The van der Waals surface area contributed by atoms with E-state index in [1.54, 1.807) is 54.6 Å². The third-order valence-corrected chi connectivity index (χ3v) is 6.34. The molecular formula is C25H15F3O3S. The van der Waals surface area contributed by atoms with Gasteiger partial charge < -0.3 is 4.18 Å². The van der Waals surface area contributed by atoms with Crippen molar-refractivity contribution in [2.24, 2.45) is 0 Å². The zero-order chi connectivity index (χ0) is 22.5. The van der Waals surface area contributed by atoms with Gasteiger partial charge in [0.2, 0.25) is 0 Å². The molecule has 0 bridgehead atoms. The summed E-state index contributed by atoms with van der Waals surface area (Å²) in [5.74, 6) is -0.340. The molecule has 0 spiro atoms. The number of hydrogen-bond donors (Lipinski definition) is 0. The molecule has 0 atom stereocenters. The van der Waals surface area contributed by atoms with Crippen molar-refractivity contribution in [3.05, 3.63) is 91.0 Å². The Morgan fingerprint density at radius 1 is 0.625 bits per heavy atom. The van der Waals surface area contributed by atoms with Crippen molar-refractivity contribution in [3.8, 4) is 16.9 Å². The number of benzene rings is 5. The zero-order valence-electron chi connectivity index (χ0n) is 16.4. The van der Waals surface area contributed by atoms with Gasteiger partial charge in [-0.15, -0.1) is 0 Å². The summed E-state index contributed by atoms with van der Waals surface area (Å²) >= 11 is 0. The summed E-state index contributed by atoms with van der Waals surface area (Å²) in [7, 11) is -5.89. The van der Waals surface area contributed by atoms with Crippen molar-refractivity contribution in [1.29, 1.82) is 0 Å². The molecule has 160 valence electrons. The molecule has 0 aliphatic heterocycles. The molecule has 0 heterocycles. The molecule has 0 unspecified atom stereocenters. The van der Waals surface area contributed by atoms with E-state index in [1.165, 1.54) is 0 Å². The van der Waals surface area contributed by atoms with Crippen LogP contribution in [0.15, 0.2) is 91.0 Å². The van der Waals surface area contributed by atoms with Gasteiger partial charge in [-0.1, -0.05) is 78.9 Å². The van der Waals surface area contributed by atoms with Gasteiger partial charge in [0.25, 0.3) is 0 Å². The van der Waals surface area contributed by atoms with Crippen molar-refractivity contribution in [1.82, 2.24) is 0 Å². The van der Waals surface area contributed by atoms with E-state index in [9.17, 15) is 21.6 Å². The highest BCUT2D eigenvalue weighted by atomic mass is 32.2.